The summed E-state index contributed by atoms with van der Waals surface area (Å²) in [6, 6.07) is 8.00. The molecular formula is C18H29N3O4S2. The normalized spacial score (nSPS) is 26.9. The lowest BCUT2D eigenvalue weighted by atomic mass is 9.94. The number of hydrogen-bond acceptors (Lipinski definition) is 4. The monoisotopic (exact) mass is 415 g/mol. The molecular weight excluding hydrogens is 386 g/mol. The molecule has 1 N–H and O–H groups in total. The van der Waals surface area contributed by atoms with Crippen LogP contribution in [0, 0.1) is 11.8 Å². The maximum absolute atomic E-state index is 13.0. The Bertz CT molecular complexity index is 825. The van der Waals surface area contributed by atoms with Crippen LogP contribution in [0.15, 0.2) is 35.2 Å². The largest absolute Gasteiger partial charge is 0.281 e. The van der Waals surface area contributed by atoms with Crippen LogP contribution < -0.4 is 4.72 Å². The molecule has 27 heavy (non-hydrogen) atoms. The average molecular weight is 416 g/mol. The highest BCUT2D eigenvalue weighted by Crippen LogP contribution is 2.26. The molecule has 2 heterocycles. The van der Waals surface area contributed by atoms with Gasteiger partial charge in [-0.05, 0) is 43.2 Å². The molecule has 0 spiro atoms. The maximum Gasteiger partial charge on any atom is 0.281 e. The Morgan fingerprint density at radius 1 is 0.889 bits per heavy atom. The fourth-order valence-corrected chi connectivity index (χ4v) is 7.26. The van der Waals surface area contributed by atoms with E-state index in [9.17, 15) is 16.8 Å². The summed E-state index contributed by atoms with van der Waals surface area (Å²) in [6.45, 7) is 5.97. The number of nitrogens with zero attached hydrogens (tertiary/aromatic N) is 2. The summed E-state index contributed by atoms with van der Waals surface area (Å²) >= 11 is 0. The van der Waals surface area contributed by atoms with Gasteiger partial charge < -0.3 is 0 Å². The lowest BCUT2D eigenvalue weighted by Crippen LogP contribution is -2.53. The second-order valence-electron chi connectivity index (χ2n) is 7.88. The lowest BCUT2D eigenvalue weighted by Gasteiger charge is -2.39. The minimum absolute atomic E-state index is 0.233. The number of piperidine rings is 2. The van der Waals surface area contributed by atoms with Crippen molar-refractivity contribution in [3.63, 3.8) is 0 Å². The van der Waals surface area contributed by atoms with Gasteiger partial charge in [0.25, 0.3) is 10.2 Å². The predicted molar refractivity (Wildman–Crippen MR) is 105 cm³/mol. The van der Waals surface area contributed by atoms with E-state index in [2.05, 4.69) is 18.6 Å². The first-order valence-corrected chi connectivity index (χ1v) is 12.4. The molecule has 0 radical (unpaired) electrons. The zero-order valence-corrected chi connectivity index (χ0v) is 17.5. The van der Waals surface area contributed by atoms with Crippen molar-refractivity contribution in [2.75, 3.05) is 26.2 Å². The van der Waals surface area contributed by atoms with E-state index in [1.165, 1.54) is 4.31 Å². The molecule has 2 aliphatic rings. The van der Waals surface area contributed by atoms with Crippen molar-refractivity contribution in [2.45, 2.75) is 44.0 Å². The highest BCUT2D eigenvalue weighted by atomic mass is 32.2. The summed E-state index contributed by atoms with van der Waals surface area (Å²) in [4.78, 5) is 0.233. The van der Waals surface area contributed by atoms with E-state index in [1.54, 1.807) is 34.6 Å². The Labute approximate surface area is 163 Å². The van der Waals surface area contributed by atoms with Gasteiger partial charge in [0.15, 0.2) is 0 Å². The molecule has 3 rings (SSSR count). The molecule has 0 amide bonds. The minimum atomic E-state index is -3.58. The molecule has 1 aromatic carbocycles. The van der Waals surface area contributed by atoms with Crippen molar-refractivity contribution in [1.29, 1.82) is 0 Å². The van der Waals surface area contributed by atoms with Crippen LogP contribution in [-0.2, 0) is 20.2 Å². The summed E-state index contributed by atoms with van der Waals surface area (Å²) in [5.74, 6) is 0.720. The highest BCUT2D eigenvalue weighted by Gasteiger charge is 2.37. The topological polar surface area (TPSA) is 86.8 Å². The van der Waals surface area contributed by atoms with Crippen molar-refractivity contribution in [3.8, 4) is 0 Å². The third-order valence-electron chi connectivity index (χ3n) is 5.32. The smallest absolute Gasteiger partial charge is 0.208 e. The van der Waals surface area contributed by atoms with Gasteiger partial charge in [0.05, 0.1) is 4.90 Å². The fraction of sp³-hybridized carbons (Fsp3) is 0.667. The summed E-state index contributed by atoms with van der Waals surface area (Å²) < 4.78 is 56.6. The van der Waals surface area contributed by atoms with E-state index in [-0.39, 0.29) is 10.9 Å². The SMILES string of the molecule is C[C@@H]1C[C@H](C)CN(S(=O)(=O)N2CCC(NS(=O)(=O)c3ccccc3)CC2)C1. The van der Waals surface area contributed by atoms with Crippen LogP contribution in [0.4, 0.5) is 0 Å². The van der Waals surface area contributed by atoms with Crippen LogP contribution in [0.5, 0.6) is 0 Å². The number of hydrogen-bond donors (Lipinski definition) is 1. The van der Waals surface area contributed by atoms with Crippen molar-refractivity contribution < 1.29 is 16.8 Å². The van der Waals surface area contributed by atoms with Crippen LogP contribution in [0.25, 0.3) is 0 Å². The Kier molecular flexibility index (Phi) is 6.27. The molecule has 7 nitrogen and oxygen atoms in total. The van der Waals surface area contributed by atoms with Gasteiger partial charge in [0, 0.05) is 32.2 Å². The second-order valence-corrected chi connectivity index (χ2v) is 11.5. The van der Waals surface area contributed by atoms with Crippen molar-refractivity contribution in [2.24, 2.45) is 11.8 Å². The summed E-state index contributed by atoms with van der Waals surface area (Å²) in [7, 11) is -7.06. The van der Waals surface area contributed by atoms with Crippen molar-refractivity contribution in [1.82, 2.24) is 13.3 Å². The van der Waals surface area contributed by atoms with Gasteiger partial charge in [-0.3, -0.25) is 0 Å². The van der Waals surface area contributed by atoms with Crippen molar-refractivity contribution >= 4 is 20.2 Å². The standard InChI is InChI=1S/C18H29N3O4S2/c1-15-12-16(2)14-21(13-15)27(24,25)20-10-8-17(9-11-20)19-26(22,23)18-6-4-3-5-7-18/h3-7,15-17,19H,8-14H2,1-2H3/t15-,16+. The number of sulfonamides is 1. The summed E-state index contributed by atoms with van der Waals surface area (Å²) in [6.07, 6.45) is 2.00. The minimum Gasteiger partial charge on any atom is -0.208 e. The van der Waals surface area contributed by atoms with Crippen LogP contribution in [0.1, 0.15) is 33.1 Å². The number of benzene rings is 1. The Balaban J connectivity index is 1.60. The molecule has 9 heteroatoms. The van der Waals surface area contributed by atoms with Gasteiger partial charge in [-0.1, -0.05) is 32.0 Å². The van der Waals surface area contributed by atoms with Crippen LogP contribution in [0.2, 0.25) is 0 Å². The third kappa shape index (κ3) is 4.89. The molecule has 2 saturated heterocycles. The lowest BCUT2D eigenvalue weighted by molar-refractivity contribution is 0.201. The second kappa shape index (κ2) is 8.16. The third-order valence-corrected chi connectivity index (χ3v) is 8.82. The molecule has 0 unspecified atom stereocenters. The number of rotatable bonds is 5. The molecule has 1 aromatic rings. The van der Waals surface area contributed by atoms with E-state index in [0.717, 1.165) is 6.42 Å². The molecule has 2 aliphatic heterocycles. The number of nitrogens with one attached hydrogen (secondary N) is 1. The van der Waals surface area contributed by atoms with Gasteiger partial charge in [-0.25, -0.2) is 13.1 Å². The molecule has 152 valence electrons. The van der Waals surface area contributed by atoms with Gasteiger partial charge in [-0.2, -0.15) is 17.0 Å². The van der Waals surface area contributed by atoms with Gasteiger partial charge in [0.1, 0.15) is 0 Å². The zero-order valence-electron chi connectivity index (χ0n) is 15.9. The van der Waals surface area contributed by atoms with Gasteiger partial charge >= 0.3 is 0 Å². The first-order chi connectivity index (χ1) is 12.7. The van der Waals surface area contributed by atoms with E-state index in [0.29, 0.717) is 50.9 Å². The molecule has 0 bridgehead atoms. The highest BCUT2D eigenvalue weighted by molar-refractivity contribution is 7.89. The Hall–Kier alpha value is -1.00. The van der Waals surface area contributed by atoms with E-state index >= 15 is 0 Å². The van der Waals surface area contributed by atoms with Crippen LogP contribution >= 0.6 is 0 Å². The molecule has 2 atom stereocenters. The average Bonchev–Trinajstić information content (AvgIpc) is 2.62. The summed E-state index contributed by atoms with van der Waals surface area (Å²) in [5, 5.41) is 0. The van der Waals surface area contributed by atoms with Crippen LogP contribution in [-0.4, -0.2) is 57.7 Å². The fourth-order valence-electron chi connectivity index (χ4n) is 4.05. The first-order valence-electron chi connectivity index (χ1n) is 9.51. The van der Waals surface area contributed by atoms with Crippen LogP contribution in [0.3, 0.4) is 0 Å². The van der Waals surface area contributed by atoms with Gasteiger partial charge in [0.2, 0.25) is 10.0 Å². The first kappa shape index (κ1) is 20.7. The van der Waals surface area contributed by atoms with Crippen molar-refractivity contribution in [3.05, 3.63) is 30.3 Å². The molecule has 0 aliphatic carbocycles. The Morgan fingerprint density at radius 3 is 2.00 bits per heavy atom. The Morgan fingerprint density at radius 2 is 1.44 bits per heavy atom. The molecule has 2 fully saturated rings. The quantitative estimate of drug-likeness (QED) is 0.792. The predicted octanol–water partition coefficient (Wildman–Crippen LogP) is 1.65. The zero-order chi connectivity index (χ0) is 19.7. The van der Waals surface area contributed by atoms with E-state index < -0.39 is 20.2 Å². The molecule has 0 saturated carbocycles. The molecule has 0 aromatic heterocycles. The van der Waals surface area contributed by atoms with Gasteiger partial charge in [-0.15, -0.1) is 0 Å². The van der Waals surface area contributed by atoms with E-state index in [4.69, 9.17) is 0 Å². The van der Waals surface area contributed by atoms with E-state index in [1.807, 2.05) is 0 Å². The summed E-state index contributed by atoms with van der Waals surface area (Å²) in [5.41, 5.74) is 0. The maximum atomic E-state index is 13.0.